The molecule has 0 aliphatic heterocycles. The summed E-state index contributed by atoms with van der Waals surface area (Å²) in [6.07, 6.45) is 9.33. The summed E-state index contributed by atoms with van der Waals surface area (Å²) >= 11 is 0. The lowest BCUT2D eigenvalue weighted by molar-refractivity contribution is -0.143. The summed E-state index contributed by atoms with van der Waals surface area (Å²) in [5, 5.41) is 19.1. The van der Waals surface area contributed by atoms with Gasteiger partial charge in [0.15, 0.2) is 0 Å². The number of hydrogen-bond acceptors (Lipinski definition) is 4. The molecule has 2 N–H and O–H groups in total. The van der Waals surface area contributed by atoms with E-state index in [1.165, 1.54) is 32.1 Å². The van der Waals surface area contributed by atoms with Gasteiger partial charge in [0.2, 0.25) is 0 Å². The second-order valence-electron chi connectivity index (χ2n) is 7.62. The molecule has 158 valence electrons. The molecule has 2 rings (SSSR count). The highest BCUT2D eigenvalue weighted by molar-refractivity contribution is 5.69. The van der Waals surface area contributed by atoms with Gasteiger partial charge in [-0.2, -0.15) is 0 Å². The molecule has 0 saturated heterocycles. The largest absolute Gasteiger partial charge is 0.508 e. The van der Waals surface area contributed by atoms with Gasteiger partial charge in [0.05, 0.1) is 6.61 Å². The number of benzene rings is 2. The monoisotopic (exact) mass is 398 g/mol. The fourth-order valence-electron chi connectivity index (χ4n) is 3.52. The predicted octanol–water partition coefficient (Wildman–Crippen LogP) is 6.30. The molecular weight excluding hydrogens is 364 g/mol. The van der Waals surface area contributed by atoms with Crippen molar-refractivity contribution in [3.63, 3.8) is 0 Å². The van der Waals surface area contributed by atoms with Gasteiger partial charge in [0.1, 0.15) is 11.5 Å². The Morgan fingerprint density at radius 2 is 1.28 bits per heavy atom. The van der Waals surface area contributed by atoms with Gasteiger partial charge in [-0.3, -0.25) is 4.79 Å². The maximum absolute atomic E-state index is 12.2. The number of aromatic hydroxyl groups is 2. The van der Waals surface area contributed by atoms with Crippen molar-refractivity contribution < 1.29 is 19.7 Å². The molecule has 2 aromatic carbocycles. The highest BCUT2D eigenvalue weighted by Crippen LogP contribution is 2.31. The first kappa shape index (κ1) is 22.8. The molecule has 0 aliphatic carbocycles. The van der Waals surface area contributed by atoms with Crippen LogP contribution >= 0.6 is 0 Å². The molecule has 4 heteroatoms. The number of phenols is 2. The third-order valence-electron chi connectivity index (χ3n) is 5.24. The van der Waals surface area contributed by atoms with Crippen LogP contribution in [0.2, 0.25) is 0 Å². The first-order valence-corrected chi connectivity index (χ1v) is 10.8. The van der Waals surface area contributed by atoms with Crippen molar-refractivity contribution in [2.75, 3.05) is 6.61 Å². The lowest BCUT2D eigenvalue weighted by Crippen LogP contribution is -2.09. The van der Waals surface area contributed by atoms with Crippen LogP contribution < -0.4 is 0 Å². The summed E-state index contributed by atoms with van der Waals surface area (Å²) in [5.74, 6) is 0.264. The second-order valence-corrected chi connectivity index (χ2v) is 7.62. The second kappa shape index (κ2) is 12.9. The van der Waals surface area contributed by atoms with E-state index in [1.54, 1.807) is 24.3 Å². The van der Waals surface area contributed by atoms with Crippen molar-refractivity contribution in [1.82, 2.24) is 0 Å². The van der Waals surface area contributed by atoms with Crippen LogP contribution in [0.5, 0.6) is 11.5 Å². The number of carbonyl (C=O) groups excluding carboxylic acids is 1. The minimum Gasteiger partial charge on any atom is -0.508 e. The molecule has 0 unspecified atom stereocenters. The SMILES string of the molecule is CCCCCCCCCOC(=O)CCC(c1ccc(O)cc1)c1ccc(O)cc1. The number of esters is 1. The normalized spacial score (nSPS) is 11.0. The minimum atomic E-state index is -0.168. The molecule has 0 aromatic heterocycles. The van der Waals surface area contributed by atoms with E-state index in [1.807, 2.05) is 24.3 Å². The summed E-state index contributed by atoms with van der Waals surface area (Å²) in [7, 11) is 0. The van der Waals surface area contributed by atoms with Crippen molar-refractivity contribution >= 4 is 5.97 Å². The van der Waals surface area contributed by atoms with Crippen LogP contribution in [0.4, 0.5) is 0 Å². The van der Waals surface area contributed by atoms with Crippen molar-refractivity contribution in [2.24, 2.45) is 0 Å². The number of hydrogen-bond donors (Lipinski definition) is 2. The Morgan fingerprint density at radius 3 is 1.79 bits per heavy atom. The zero-order valence-corrected chi connectivity index (χ0v) is 17.5. The maximum atomic E-state index is 12.2. The molecule has 0 amide bonds. The zero-order chi connectivity index (χ0) is 20.9. The molecule has 2 aromatic rings. The lowest BCUT2D eigenvalue weighted by Gasteiger charge is -2.18. The minimum absolute atomic E-state index is 0.00214. The molecule has 0 heterocycles. The predicted molar refractivity (Wildman–Crippen MR) is 116 cm³/mol. The van der Waals surface area contributed by atoms with Gasteiger partial charge in [-0.1, -0.05) is 69.7 Å². The quantitative estimate of drug-likeness (QED) is 0.307. The van der Waals surface area contributed by atoms with Gasteiger partial charge in [-0.15, -0.1) is 0 Å². The van der Waals surface area contributed by atoms with Crippen molar-refractivity contribution in [2.45, 2.75) is 70.6 Å². The number of rotatable bonds is 13. The Morgan fingerprint density at radius 1 is 0.793 bits per heavy atom. The summed E-state index contributed by atoms with van der Waals surface area (Å²) in [6, 6.07) is 14.1. The van der Waals surface area contributed by atoms with Crippen LogP contribution in [0, 0.1) is 0 Å². The molecule has 29 heavy (non-hydrogen) atoms. The highest BCUT2D eigenvalue weighted by atomic mass is 16.5. The van der Waals surface area contributed by atoms with Crippen LogP contribution in [0.1, 0.15) is 81.8 Å². The van der Waals surface area contributed by atoms with Gasteiger partial charge >= 0.3 is 5.97 Å². The van der Waals surface area contributed by atoms with E-state index < -0.39 is 0 Å². The van der Waals surface area contributed by atoms with Crippen LogP contribution in [0.25, 0.3) is 0 Å². The van der Waals surface area contributed by atoms with Crippen LogP contribution in [-0.4, -0.2) is 22.8 Å². The number of unbranched alkanes of at least 4 members (excludes halogenated alkanes) is 6. The summed E-state index contributed by atoms with van der Waals surface area (Å²) in [5.41, 5.74) is 2.04. The third kappa shape index (κ3) is 8.59. The van der Waals surface area contributed by atoms with Crippen molar-refractivity contribution in [3.05, 3.63) is 59.7 Å². The molecule has 0 fully saturated rings. The summed E-state index contributed by atoms with van der Waals surface area (Å²) in [4.78, 5) is 12.2. The van der Waals surface area contributed by atoms with E-state index in [0.29, 0.717) is 19.4 Å². The van der Waals surface area contributed by atoms with Crippen LogP contribution in [-0.2, 0) is 9.53 Å². The van der Waals surface area contributed by atoms with Gasteiger partial charge in [0.25, 0.3) is 0 Å². The van der Waals surface area contributed by atoms with Crippen molar-refractivity contribution in [3.8, 4) is 11.5 Å². The smallest absolute Gasteiger partial charge is 0.305 e. The van der Waals surface area contributed by atoms with Crippen LogP contribution in [0.3, 0.4) is 0 Å². The Bertz CT molecular complexity index is 661. The van der Waals surface area contributed by atoms with E-state index in [9.17, 15) is 15.0 Å². The van der Waals surface area contributed by atoms with Crippen LogP contribution in [0.15, 0.2) is 48.5 Å². The molecular formula is C25H34O4. The Labute approximate surface area is 174 Å². The highest BCUT2D eigenvalue weighted by Gasteiger charge is 2.17. The van der Waals surface area contributed by atoms with Gasteiger partial charge < -0.3 is 14.9 Å². The Balaban J connectivity index is 1.81. The van der Waals surface area contributed by atoms with E-state index in [0.717, 1.165) is 24.0 Å². The Kier molecular flexibility index (Phi) is 10.1. The molecule has 0 spiro atoms. The third-order valence-corrected chi connectivity index (χ3v) is 5.24. The molecule has 4 nitrogen and oxygen atoms in total. The molecule has 0 bridgehead atoms. The average Bonchev–Trinajstić information content (AvgIpc) is 2.72. The fraction of sp³-hybridized carbons (Fsp3) is 0.480. The van der Waals surface area contributed by atoms with Gasteiger partial charge in [-0.25, -0.2) is 0 Å². The fourth-order valence-corrected chi connectivity index (χ4v) is 3.52. The summed E-state index contributed by atoms with van der Waals surface area (Å²) < 4.78 is 5.41. The van der Waals surface area contributed by atoms with Gasteiger partial charge in [0, 0.05) is 12.3 Å². The van der Waals surface area contributed by atoms with E-state index in [4.69, 9.17) is 4.74 Å². The van der Waals surface area contributed by atoms with E-state index in [2.05, 4.69) is 6.92 Å². The van der Waals surface area contributed by atoms with Crippen molar-refractivity contribution in [1.29, 1.82) is 0 Å². The number of ether oxygens (including phenoxy) is 1. The average molecular weight is 399 g/mol. The number of carbonyl (C=O) groups is 1. The first-order valence-electron chi connectivity index (χ1n) is 10.8. The standard InChI is InChI=1S/C25H34O4/c1-2-3-4-5-6-7-8-19-29-25(28)18-17-24(20-9-13-22(26)14-10-20)21-11-15-23(27)16-12-21/h9-16,24,26-27H,2-8,17-19H2,1H3. The topological polar surface area (TPSA) is 66.8 Å². The Hall–Kier alpha value is -2.49. The molecule has 0 aliphatic rings. The first-order chi connectivity index (χ1) is 14.1. The van der Waals surface area contributed by atoms with Gasteiger partial charge in [-0.05, 0) is 48.2 Å². The zero-order valence-electron chi connectivity index (χ0n) is 17.5. The molecule has 0 radical (unpaired) electrons. The molecule has 0 atom stereocenters. The molecule has 0 saturated carbocycles. The van der Waals surface area contributed by atoms with E-state index >= 15 is 0 Å². The maximum Gasteiger partial charge on any atom is 0.305 e. The lowest BCUT2D eigenvalue weighted by atomic mass is 9.87. The van der Waals surface area contributed by atoms with E-state index in [-0.39, 0.29) is 23.4 Å². The number of phenolic OH excluding ortho intramolecular Hbond substituents is 2. The summed E-state index contributed by atoms with van der Waals surface area (Å²) in [6.45, 7) is 2.71.